The minimum absolute atomic E-state index is 0.494. The van der Waals surface area contributed by atoms with Crippen LogP contribution in [0, 0.1) is 22.7 Å². The highest BCUT2D eigenvalue weighted by molar-refractivity contribution is 4.93. The maximum absolute atomic E-state index is 2.49. The molecule has 2 unspecified atom stereocenters. The van der Waals surface area contributed by atoms with E-state index >= 15 is 0 Å². The predicted octanol–water partition coefficient (Wildman–Crippen LogP) is 5.28. The molecule has 0 nitrogen and oxygen atoms in total. The zero-order valence-corrected chi connectivity index (χ0v) is 11.7. The Morgan fingerprint density at radius 3 is 2.20 bits per heavy atom. The average molecular weight is 210 g/mol. The molecule has 0 amide bonds. The largest absolute Gasteiger partial charge is 0.0628 e. The van der Waals surface area contributed by atoms with Gasteiger partial charge in [-0.2, -0.15) is 0 Å². The molecule has 0 radical (unpaired) electrons. The second-order valence-electron chi connectivity index (χ2n) is 7.49. The first-order chi connectivity index (χ1) is 6.75. The van der Waals surface area contributed by atoms with Crippen LogP contribution in [0.1, 0.15) is 73.6 Å². The highest BCUT2D eigenvalue weighted by Crippen LogP contribution is 2.53. The van der Waals surface area contributed by atoms with Gasteiger partial charge in [-0.25, -0.2) is 0 Å². The Labute approximate surface area is 96.8 Å². The van der Waals surface area contributed by atoms with Crippen LogP contribution in [-0.4, -0.2) is 0 Å². The molecule has 0 N–H and O–H groups in total. The van der Waals surface area contributed by atoms with Crippen molar-refractivity contribution in [3.8, 4) is 0 Å². The van der Waals surface area contributed by atoms with E-state index in [4.69, 9.17) is 0 Å². The Bertz CT molecular complexity index is 197. The SMILES string of the molecule is CC(C)CC1(CC(C)(C)C)CCCC1C. The first-order valence-electron chi connectivity index (χ1n) is 6.75. The summed E-state index contributed by atoms with van der Waals surface area (Å²) in [5.74, 6) is 1.80. The summed E-state index contributed by atoms with van der Waals surface area (Å²) in [4.78, 5) is 0. The van der Waals surface area contributed by atoms with Crippen molar-refractivity contribution in [3.63, 3.8) is 0 Å². The number of rotatable bonds is 3. The van der Waals surface area contributed by atoms with Crippen LogP contribution in [0.5, 0.6) is 0 Å². The standard InChI is InChI=1S/C15H30/c1-12(2)10-15(11-14(4,5)6)9-7-8-13(15)3/h12-13H,7-11H2,1-6H3. The van der Waals surface area contributed by atoms with Crippen LogP contribution in [-0.2, 0) is 0 Å². The minimum atomic E-state index is 0.494. The molecule has 0 saturated heterocycles. The Hall–Kier alpha value is 0. The molecule has 0 aromatic carbocycles. The normalized spacial score (nSPS) is 32.6. The molecule has 0 bridgehead atoms. The highest BCUT2D eigenvalue weighted by Gasteiger charge is 2.42. The maximum Gasteiger partial charge on any atom is -0.0264 e. The van der Waals surface area contributed by atoms with Gasteiger partial charge in [0.05, 0.1) is 0 Å². The van der Waals surface area contributed by atoms with E-state index in [9.17, 15) is 0 Å². The van der Waals surface area contributed by atoms with Crippen molar-refractivity contribution in [3.05, 3.63) is 0 Å². The molecule has 0 aromatic heterocycles. The Morgan fingerprint density at radius 2 is 1.87 bits per heavy atom. The topological polar surface area (TPSA) is 0 Å². The molecular weight excluding hydrogens is 180 g/mol. The van der Waals surface area contributed by atoms with Gasteiger partial charge in [0.1, 0.15) is 0 Å². The van der Waals surface area contributed by atoms with E-state index in [0.717, 1.165) is 11.8 Å². The van der Waals surface area contributed by atoms with Crippen molar-refractivity contribution >= 4 is 0 Å². The van der Waals surface area contributed by atoms with Crippen molar-refractivity contribution in [2.75, 3.05) is 0 Å². The van der Waals surface area contributed by atoms with Crippen molar-refractivity contribution in [2.24, 2.45) is 22.7 Å². The van der Waals surface area contributed by atoms with E-state index < -0.39 is 0 Å². The number of hydrogen-bond donors (Lipinski definition) is 0. The van der Waals surface area contributed by atoms with Gasteiger partial charge in [0.25, 0.3) is 0 Å². The van der Waals surface area contributed by atoms with Gasteiger partial charge < -0.3 is 0 Å². The molecule has 0 heterocycles. The first-order valence-corrected chi connectivity index (χ1v) is 6.75. The maximum atomic E-state index is 2.49. The van der Waals surface area contributed by atoms with Crippen LogP contribution in [0.2, 0.25) is 0 Å². The van der Waals surface area contributed by atoms with Crippen LogP contribution < -0.4 is 0 Å². The molecule has 1 rings (SSSR count). The lowest BCUT2D eigenvalue weighted by Crippen LogP contribution is -2.31. The van der Waals surface area contributed by atoms with Gasteiger partial charge >= 0.3 is 0 Å². The van der Waals surface area contributed by atoms with Crippen molar-refractivity contribution in [2.45, 2.75) is 73.6 Å². The summed E-state index contributed by atoms with van der Waals surface area (Å²) >= 11 is 0. The van der Waals surface area contributed by atoms with E-state index in [2.05, 4.69) is 41.5 Å². The fourth-order valence-electron chi connectivity index (χ4n) is 3.82. The molecule has 90 valence electrons. The molecule has 15 heavy (non-hydrogen) atoms. The molecule has 0 heteroatoms. The van der Waals surface area contributed by atoms with Crippen molar-refractivity contribution < 1.29 is 0 Å². The zero-order chi connectivity index (χ0) is 11.7. The molecule has 0 spiro atoms. The second-order valence-corrected chi connectivity index (χ2v) is 7.49. The van der Waals surface area contributed by atoms with E-state index in [1.165, 1.54) is 32.1 Å². The fraction of sp³-hybridized carbons (Fsp3) is 1.00. The summed E-state index contributed by atoms with van der Waals surface area (Å²) in [7, 11) is 0. The van der Waals surface area contributed by atoms with Crippen LogP contribution in [0.3, 0.4) is 0 Å². The Kier molecular flexibility index (Phi) is 3.90. The fourth-order valence-corrected chi connectivity index (χ4v) is 3.82. The second kappa shape index (κ2) is 4.47. The van der Waals surface area contributed by atoms with Crippen molar-refractivity contribution in [1.29, 1.82) is 0 Å². The highest BCUT2D eigenvalue weighted by atomic mass is 14.5. The summed E-state index contributed by atoms with van der Waals surface area (Å²) < 4.78 is 0. The van der Waals surface area contributed by atoms with Gasteiger partial charge in [-0.05, 0) is 41.9 Å². The van der Waals surface area contributed by atoms with Crippen molar-refractivity contribution in [1.82, 2.24) is 0 Å². The summed E-state index contributed by atoms with van der Waals surface area (Å²) in [6, 6.07) is 0. The quantitative estimate of drug-likeness (QED) is 0.595. The number of hydrogen-bond acceptors (Lipinski definition) is 0. The molecule has 0 aliphatic heterocycles. The molecule has 0 aromatic rings. The monoisotopic (exact) mass is 210 g/mol. The summed E-state index contributed by atoms with van der Waals surface area (Å²) in [5, 5.41) is 0. The Morgan fingerprint density at radius 1 is 1.27 bits per heavy atom. The third kappa shape index (κ3) is 3.50. The smallest absolute Gasteiger partial charge is 0.0264 e. The van der Waals surface area contributed by atoms with Crippen LogP contribution in [0.4, 0.5) is 0 Å². The van der Waals surface area contributed by atoms with E-state index in [0.29, 0.717) is 10.8 Å². The molecule has 1 aliphatic rings. The zero-order valence-electron chi connectivity index (χ0n) is 11.7. The molecule has 1 fully saturated rings. The molecule has 2 atom stereocenters. The lowest BCUT2D eigenvalue weighted by molar-refractivity contribution is 0.0974. The summed E-state index contributed by atoms with van der Waals surface area (Å²) in [6.45, 7) is 14.5. The summed E-state index contributed by atoms with van der Waals surface area (Å²) in [5.41, 5.74) is 1.15. The third-order valence-electron chi connectivity index (χ3n) is 4.05. The van der Waals surface area contributed by atoms with Crippen LogP contribution >= 0.6 is 0 Å². The van der Waals surface area contributed by atoms with E-state index in [1.807, 2.05) is 0 Å². The first kappa shape index (κ1) is 13.1. The lowest BCUT2D eigenvalue weighted by atomic mass is 9.65. The minimum Gasteiger partial charge on any atom is -0.0628 e. The molecule has 1 saturated carbocycles. The van der Waals surface area contributed by atoms with Gasteiger partial charge in [0, 0.05) is 0 Å². The van der Waals surface area contributed by atoms with E-state index in [1.54, 1.807) is 0 Å². The van der Waals surface area contributed by atoms with Gasteiger partial charge in [-0.15, -0.1) is 0 Å². The lowest BCUT2D eigenvalue weighted by Gasteiger charge is -2.40. The van der Waals surface area contributed by atoms with Gasteiger partial charge in [-0.3, -0.25) is 0 Å². The summed E-state index contributed by atoms with van der Waals surface area (Å²) in [6.07, 6.45) is 7.25. The molecule has 1 aliphatic carbocycles. The molecular formula is C15H30. The Balaban J connectivity index is 2.77. The van der Waals surface area contributed by atoms with Crippen LogP contribution in [0.25, 0.3) is 0 Å². The van der Waals surface area contributed by atoms with Gasteiger partial charge in [0.2, 0.25) is 0 Å². The third-order valence-corrected chi connectivity index (χ3v) is 4.05. The van der Waals surface area contributed by atoms with Crippen LogP contribution in [0.15, 0.2) is 0 Å². The van der Waals surface area contributed by atoms with Gasteiger partial charge in [0.15, 0.2) is 0 Å². The average Bonchev–Trinajstić information content (AvgIpc) is 2.27. The van der Waals surface area contributed by atoms with E-state index in [-0.39, 0.29) is 0 Å². The van der Waals surface area contributed by atoms with Gasteiger partial charge in [-0.1, -0.05) is 54.4 Å². The predicted molar refractivity (Wildman–Crippen MR) is 69.0 cm³/mol.